The number of fused-ring (bicyclic) bond motifs is 1. The molecule has 5 nitrogen and oxygen atoms in total. The molecule has 5 heteroatoms. The summed E-state index contributed by atoms with van der Waals surface area (Å²) >= 11 is 0. The van der Waals surface area contributed by atoms with Crippen LogP contribution in [0.25, 0.3) is 11.1 Å². The number of hydrogen-bond acceptors (Lipinski definition) is 3. The van der Waals surface area contributed by atoms with Crippen molar-refractivity contribution in [3.63, 3.8) is 0 Å². The molecule has 1 aliphatic heterocycles. The summed E-state index contributed by atoms with van der Waals surface area (Å²) in [6.45, 7) is 0.660. The SMILES string of the molecule is COc1ccccc1-c1c2n(c(=O)[nH]c1=O)CCCC2. The van der Waals surface area contributed by atoms with Gasteiger partial charge in [0, 0.05) is 17.8 Å². The van der Waals surface area contributed by atoms with Crippen LogP contribution in [0.15, 0.2) is 33.9 Å². The van der Waals surface area contributed by atoms with E-state index in [1.165, 1.54) is 0 Å². The summed E-state index contributed by atoms with van der Waals surface area (Å²) in [5.41, 5.74) is 1.45. The van der Waals surface area contributed by atoms with Gasteiger partial charge in [-0.25, -0.2) is 4.79 Å². The molecule has 2 heterocycles. The second kappa shape index (κ2) is 5.00. The second-order valence-corrected chi connectivity index (χ2v) is 4.89. The zero-order chi connectivity index (χ0) is 14.1. The maximum Gasteiger partial charge on any atom is 0.328 e. The van der Waals surface area contributed by atoms with Gasteiger partial charge in [-0.15, -0.1) is 0 Å². The van der Waals surface area contributed by atoms with Crippen LogP contribution < -0.4 is 16.0 Å². The Bertz CT molecular complexity index is 758. The lowest BCUT2D eigenvalue weighted by Crippen LogP contribution is -2.36. The Hall–Kier alpha value is -2.30. The van der Waals surface area contributed by atoms with Crippen molar-refractivity contribution in [1.82, 2.24) is 9.55 Å². The molecule has 3 rings (SSSR count). The van der Waals surface area contributed by atoms with Gasteiger partial charge in [-0.1, -0.05) is 18.2 Å². The normalized spacial score (nSPS) is 13.8. The van der Waals surface area contributed by atoms with Crippen molar-refractivity contribution in [1.29, 1.82) is 0 Å². The monoisotopic (exact) mass is 272 g/mol. The Kier molecular flexibility index (Phi) is 3.18. The maximum absolute atomic E-state index is 12.3. The van der Waals surface area contributed by atoms with Crippen LogP contribution in [0.4, 0.5) is 0 Å². The average Bonchev–Trinajstić information content (AvgIpc) is 2.48. The van der Waals surface area contributed by atoms with Gasteiger partial charge in [-0.05, 0) is 25.3 Å². The van der Waals surface area contributed by atoms with Crippen LogP contribution in [-0.4, -0.2) is 16.7 Å². The van der Waals surface area contributed by atoms with E-state index >= 15 is 0 Å². The van der Waals surface area contributed by atoms with Crippen LogP contribution in [0, 0.1) is 0 Å². The van der Waals surface area contributed by atoms with Crippen LogP contribution in [0.2, 0.25) is 0 Å². The molecule has 1 N–H and O–H groups in total. The number of rotatable bonds is 2. The number of aromatic nitrogens is 2. The second-order valence-electron chi connectivity index (χ2n) is 4.89. The number of H-pyrrole nitrogens is 1. The lowest BCUT2D eigenvalue weighted by Gasteiger charge is -2.21. The van der Waals surface area contributed by atoms with Gasteiger partial charge in [0.25, 0.3) is 5.56 Å². The smallest absolute Gasteiger partial charge is 0.328 e. The average molecular weight is 272 g/mol. The molecule has 0 bridgehead atoms. The zero-order valence-electron chi connectivity index (χ0n) is 11.3. The van der Waals surface area contributed by atoms with E-state index in [-0.39, 0.29) is 11.2 Å². The molecule has 0 spiro atoms. The Morgan fingerprint density at radius 1 is 1.20 bits per heavy atom. The Morgan fingerprint density at radius 2 is 2.00 bits per heavy atom. The first-order valence-corrected chi connectivity index (χ1v) is 6.71. The minimum absolute atomic E-state index is 0.316. The van der Waals surface area contributed by atoms with Crippen molar-refractivity contribution in [2.24, 2.45) is 0 Å². The van der Waals surface area contributed by atoms with Crippen LogP contribution in [0.1, 0.15) is 18.5 Å². The number of nitrogens with zero attached hydrogens (tertiary/aromatic N) is 1. The third-order valence-corrected chi connectivity index (χ3v) is 3.73. The van der Waals surface area contributed by atoms with E-state index in [2.05, 4.69) is 4.98 Å². The van der Waals surface area contributed by atoms with Gasteiger partial charge >= 0.3 is 5.69 Å². The summed E-state index contributed by atoms with van der Waals surface area (Å²) in [5, 5.41) is 0. The van der Waals surface area contributed by atoms with E-state index in [0.717, 1.165) is 30.5 Å². The van der Waals surface area contributed by atoms with Crippen molar-refractivity contribution >= 4 is 0 Å². The van der Waals surface area contributed by atoms with Gasteiger partial charge in [0.05, 0.1) is 12.7 Å². The molecule has 1 aromatic carbocycles. The highest BCUT2D eigenvalue weighted by molar-refractivity contribution is 5.71. The standard InChI is InChI=1S/C15H16N2O3/c1-20-12-8-3-2-6-10(12)13-11-7-4-5-9-17(11)15(19)16-14(13)18/h2-3,6,8H,4-5,7,9H2,1H3,(H,16,18,19). The van der Waals surface area contributed by atoms with Gasteiger partial charge in [0.1, 0.15) is 5.75 Å². The molecule has 1 aliphatic rings. The summed E-state index contributed by atoms with van der Waals surface area (Å²) in [6, 6.07) is 7.39. The van der Waals surface area contributed by atoms with E-state index in [1.54, 1.807) is 11.7 Å². The van der Waals surface area contributed by atoms with Gasteiger partial charge in [-0.2, -0.15) is 0 Å². The lowest BCUT2D eigenvalue weighted by atomic mass is 9.98. The summed E-state index contributed by atoms with van der Waals surface area (Å²) in [6.07, 6.45) is 2.70. The summed E-state index contributed by atoms with van der Waals surface area (Å²) in [7, 11) is 1.58. The van der Waals surface area contributed by atoms with Crippen molar-refractivity contribution in [3.05, 3.63) is 50.8 Å². The van der Waals surface area contributed by atoms with Crippen LogP contribution in [0.5, 0.6) is 5.75 Å². The summed E-state index contributed by atoms with van der Waals surface area (Å²) in [5.74, 6) is 0.644. The number of hydrogen-bond donors (Lipinski definition) is 1. The highest BCUT2D eigenvalue weighted by Crippen LogP contribution is 2.30. The maximum atomic E-state index is 12.3. The Labute approximate surface area is 115 Å². The van der Waals surface area contributed by atoms with Crippen molar-refractivity contribution in [3.8, 4) is 16.9 Å². The van der Waals surface area contributed by atoms with Gasteiger partial charge in [0.2, 0.25) is 0 Å². The van der Waals surface area contributed by atoms with E-state index in [9.17, 15) is 9.59 Å². The van der Waals surface area contributed by atoms with Crippen molar-refractivity contribution in [2.45, 2.75) is 25.8 Å². The highest BCUT2D eigenvalue weighted by Gasteiger charge is 2.20. The number of benzene rings is 1. The minimum Gasteiger partial charge on any atom is -0.496 e. The molecule has 0 saturated heterocycles. The molecule has 2 aromatic rings. The molecule has 20 heavy (non-hydrogen) atoms. The molecular weight excluding hydrogens is 256 g/mol. The van der Waals surface area contributed by atoms with E-state index in [0.29, 0.717) is 17.9 Å². The predicted octanol–water partition coefficient (Wildman–Crippen LogP) is 1.55. The molecule has 0 fully saturated rings. The third kappa shape index (κ3) is 1.95. The molecule has 104 valence electrons. The van der Waals surface area contributed by atoms with Crippen LogP contribution in [0.3, 0.4) is 0 Å². The first-order chi connectivity index (χ1) is 9.72. The lowest BCUT2D eigenvalue weighted by molar-refractivity contribution is 0.416. The van der Waals surface area contributed by atoms with Gasteiger partial charge < -0.3 is 4.74 Å². The molecule has 0 radical (unpaired) electrons. The molecular formula is C15H16N2O3. The fourth-order valence-corrected chi connectivity index (χ4v) is 2.80. The van der Waals surface area contributed by atoms with Crippen molar-refractivity contribution in [2.75, 3.05) is 7.11 Å². The largest absolute Gasteiger partial charge is 0.496 e. The highest BCUT2D eigenvalue weighted by atomic mass is 16.5. The zero-order valence-corrected chi connectivity index (χ0v) is 11.3. The van der Waals surface area contributed by atoms with Gasteiger partial charge in [-0.3, -0.25) is 14.3 Å². The van der Waals surface area contributed by atoms with Crippen molar-refractivity contribution < 1.29 is 4.74 Å². The molecule has 1 aromatic heterocycles. The Balaban J connectivity index is 2.34. The van der Waals surface area contributed by atoms with Gasteiger partial charge in [0.15, 0.2) is 0 Å². The number of para-hydroxylation sites is 1. The predicted molar refractivity (Wildman–Crippen MR) is 76.2 cm³/mol. The molecule has 0 amide bonds. The van der Waals surface area contributed by atoms with Crippen LogP contribution >= 0.6 is 0 Å². The summed E-state index contributed by atoms with van der Waals surface area (Å²) < 4.78 is 7.01. The Morgan fingerprint density at radius 3 is 2.80 bits per heavy atom. The first-order valence-electron chi connectivity index (χ1n) is 6.71. The molecule has 0 atom stereocenters. The van der Waals surface area contributed by atoms with E-state index < -0.39 is 0 Å². The number of nitrogens with one attached hydrogen (secondary N) is 1. The molecule has 0 unspecified atom stereocenters. The molecule has 0 saturated carbocycles. The van der Waals surface area contributed by atoms with Crippen LogP contribution in [-0.2, 0) is 13.0 Å². The van der Waals surface area contributed by atoms with E-state index in [1.807, 2.05) is 24.3 Å². The first kappa shape index (κ1) is 12.7. The fourth-order valence-electron chi connectivity index (χ4n) is 2.80. The molecule has 0 aliphatic carbocycles. The van der Waals surface area contributed by atoms with E-state index in [4.69, 9.17) is 4.74 Å². The third-order valence-electron chi connectivity index (χ3n) is 3.73. The topological polar surface area (TPSA) is 64.1 Å². The quantitative estimate of drug-likeness (QED) is 0.902. The fraction of sp³-hybridized carbons (Fsp3) is 0.333. The summed E-state index contributed by atoms with van der Waals surface area (Å²) in [4.78, 5) is 26.6. The number of ether oxygens (including phenoxy) is 1. The minimum atomic E-state index is -0.340. The number of methoxy groups -OCH3 is 1. The number of aromatic amines is 1.